The van der Waals surface area contributed by atoms with E-state index in [1.807, 2.05) is 44.2 Å². The quantitative estimate of drug-likeness (QED) is 0.677. The molecule has 130 valence electrons. The van der Waals surface area contributed by atoms with Crippen molar-refractivity contribution < 1.29 is 23.8 Å². The number of rotatable bonds is 4. The summed E-state index contributed by atoms with van der Waals surface area (Å²) in [6, 6.07) is 9.32. The van der Waals surface area contributed by atoms with Crippen LogP contribution in [0.1, 0.15) is 32.3 Å². The van der Waals surface area contributed by atoms with Gasteiger partial charge in [0.15, 0.2) is 0 Å². The fourth-order valence-corrected chi connectivity index (χ4v) is 2.56. The van der Waals surface area contributed by atoms with E-state index in [1.54, 1.807) is 0 Å². The first-order chi connectivity index (χ1) is 11.4. The Balaban J connectivity index is 2.06. The van der Waals surface area contributed by atoms with Gasteiger partial charge in [0.25, 0.3) is 0 Å². The van der Waals surface area contributed by atoms with Crippen LogP contribution in [0.15, 0.2) is 41.6 Å². The summed E-state index contributed by atoms with van der Waals surface area (Å²) in [6.07, 6.45) is 0.416. The summed E-state index contributed by atoms with van der Waals surface area (Å²) < 4.78 is 15.6. The summed E-state index contributed by atoms with van der Waals surface area (Å²) in [7, 11) is 1.28. The van der Waals surface area contributed by atoms with E-state index in [0.29, 0.717) is 19.4 Å². The highest BCUT2D eigenvalue weighted by Crippen LogP contribution is 2.29. The van der Waals surface area contributed by atoms with E-state index in [-0.39, 0.29) is 17.9 Å². The molecule has 1 heterocycles. The minimum atomic E-state index is -0.684. The normalized spacial score (nSPS) is 18.5. The zero-order chi connectivity index (χ0) is 17.6. The van der Waals surface area contributed by atoms with E-state index in [1.165, 1.54) is 7.11 Å². The molecule has 2 rings (SSSR count). The molecule has 6 nitrogen and oxygen atoms in total. The number of esters is 1. The fraction of sp³-hybridized carbons (Fsp3) is 0.444. The van der Waals surface area contributed by atoms with Crippen LogP contribution in [0.3, 0.4) is 0 Å². The molecule has 0 atom stereocenters. The lowest BCUT2D eigenvalue weighted by Gasteiger charge is -2.32. The number of alkyl carbamates (subject to hydrolysis) is 1. The Labute approximate surface area is 141 Å². The first kappa shape index (κ1) is 18.0. The predicted molar refractivity (Wildman–Crippen MR) is 88.1 cm³/mol. The molecule has 1 N–H and O–H groups in total. The Morgan fingerprint density at radius 2 is 1.96 bits per heavy atom. The molecule has 1 aliphatic heterocycles. The molecule has 0 aromatic heterocycles. The number of hydrogen-bond acceptors (Lipinski definition) is 5. The van der Waals surface area contributed by atoms with Crippen LogP contribution < -0.4 is 5.32 Å². The topological polar surface area (TPSA) is 73.9 Å². The zero-order valence-electron chi connectivity index (χ0n) is 14.3. The van der Waals surface area contributed by atoms with Gasteiger partial charge in [0.05, 0.1) is 19.3 Å². The average Bonchev–Trinajstić information content (AvgIpc) is 2.57. The summed E-state index contributed by atoms with van der Waals surface area (Å²) in [6.45, 7) is 4.50. The van der Waals surface area contributed by atoms with Crippen LogP contribution in [0.5, 0.6) is 0 Å². The maximum Gasteiger partial charge on any atom is 0.412 e. The lowest BCUT2D eigenvalue weighted by molar-refractivity contribution is -0.136. The summed E-state index contributed by atoms with van der Waals surface area (Å²) in [5.74, 6) is -0.584. The smallest absolute Gasteiger partial charge is 0.412 e. The van der Waals surface area contributed by atoms with Crippen molar-refractivity contribution >= 4 is 12.1 Å². The highest BCUT2D eigenvalue weighted by molar-refractivity contribution is 5.93. The van der Waals surface area contributed by atoms with E-state index < -0.39 is 12.1 Å². The Morgan fingerprint density at radius 1 is 1.25 bits per heavy atom. The van der Waals surface area contributed by atoms with Crippen LogP contribution in [0.25, 0.3) is 0 Å². The second-order valence-corrected chi connectivity index (χ2v) is 6.19. The molecule has 24 heavy (non-hydrogen) atoms. The van der Waals surface area contributed by atoms with Gasteiger partial charge < -0.3 is 14.2 Å². The van der Waals surface area contributed by atoms with E-state index >= 15 is 0 Å². The second kappa shape index (κ2) is 7.97. The minimum Gasteiger partial charge on any atom is -0.464 e. The van der Waals surface area contributed by atoms with Crippen molar-refractivity contribution in [2.45, 2.75) is 38.9 Å². The monoisotopic (exact) mass is 333 g/mol. The van der Waals surface area contributed by atoms with Gasteiger partial charge in [0, 0.05) is 0 Å². The molecule has 1 fully saturated rings. The van der Waals surface area contributed by atoms with Crippen LogP contribution >= 0.6 is 0 Å². The molecule has 1 amide bonds. The molecule has 0 bridgehead atoms. The third-order valence-corrected chi connectivity index (χ3v) is 3.72. The Hall–Kier alpha value is -2.34. The third-order valence-electron chi connectivity index (χ3n) is 3.72. The maximum atomic E-state index is 12.0. The first-order valence-corrected chi connectivity index (χ1v) is 7.83. The number of carbonyl (C=O) groups is 2. The van der Waals surface area contributed by atoms with E-state index in [9.17, 15) is 9.59 Å². The van der Waals surface area contributed by atoms with Gasteiger partial charge >= 0.3 is 12.1 Å². The Kier molecular flexibility index (Phi) is 5.98. The van der Waals surface area contributed by atoms with Crippen molar-refractivity contribution in [1.29, 1.82) is 0 Å². The molecule has 1 aromatic rings. The molecule has 0 saturated carbocycles. The number of carbonyl (C=O) groups excluding carboxylic acids is 2. The van der Waals surface area contributed by atoms with Gasteiger partial charge in [-0.2, -0.15) is 0 Å². The molecular weight excluding hydrogens is 310 g/mol. The highest BCUT2D eigenvalue weighted by Gasteiger charge is 2.30. The van der Waals surface area contributed by atoms with Gasteiger partial charge in [-0.1, -0.05) is 30.3 Å². The number of nitrogens with one attached hydrogen (secondary N) is 1. The van der Waals surface area contributed by atoms with Crippen LogP contribution in [-0.2, 0) is 25.6 Å². The molecule has 0 aliphatic carbocycles. The van der Waals surface area contributed by atoms with E-state index in [2.05, 4.69) is 5.32 Å². The molecule has 1 aromatic carbocycles. The minimum absolute atomic E-state index is 0.130. The van der Waals surface area contributed by atoms with Crippen LogP contribution in [0, 0.1) is 0 Å². The van der Waals surface area contributed by atoms with Gasteiger partial charge in [0.2, 0.25) is 0 Å². The van der Waals surface area contributed by atoms with Crippen molar-refractivity contribution in [3.8, 4) is 0 Å². The van der Waals surface area contributed by atoms with E-state index in [4.69, 9.17) is 14.2 Å². The van der Waals surface area contributed by atoms with Gasteiger partial charge in [-0.05, 0) is 37.8 Å². The standard InChI is InChI=1S/C18H23NO5/c1-18(2)11-14(9-10-24-18)15(16(20)22-3)19-17(21)23-12-13-7-5-4-6-8-13/h4-8H,9-12H2,1-3H3,(H,19,21)/b15-14-. The molecule has 0 unspecified atom stereocenters. The maximum absolute atomic E-state index is 12.0. The van der Waals surface area contributed by atoms with Crippen molar-refractivity contribution in [3.63, 3.8) is 0 Å². The number of ether oxygens (including phenoxy) is 3. The SMILES string of the molecule is COC(=O)/C(NC(=O)OCc1ccccc1)=C1\CCOC(C)(C)C1. The molecule has 0 spiro atoms. The van der Waals surface area contributed by atoms with Gasteiger partial charge in [0.1, 0.15) is 12.3 Å². The molecular formula is C18H23NO5. The predicted octanol–water partition coefficient (Wildman–Crippen LogP) is 2.93. The summed E-state index contributed by atoms with van der Waals surface area (Å²) in [4.78, 5) is 24.1. The molecule has 0 radical (unpaired) electrons. The zero-order valence-corrected chi connectivity index (χ0v) is 14.3. The number of benzene rings is 1. The van der Waals surface area contributed by atoms with Gasteiger partial charge in [-0.15, -0.1) is 0 Å². The van der Waals surface area contributed by atoms with Crippen molar-refractivity contribution in [2.24, 2.45) is 0 Å². The van der Waals surface area contributed by atoms with Crippen LogP contribution in [0.4, 0.5) is 4.79 Å². The molecule has 1 saturated heterocycles. The largest absolute Gasteiger partial charge is 0.464 e. The molecule has 6 heteroatoms. The first-order valence-electron chi connectivity index (χ1n) is 7.83. The highest BCUT2D eigenvalue weighted by atomic mass is 16.6. The van der Waals surface area contributed by atoms with Crippen LogP contribution in [0.2, 0.25) is 0 Å². The van der Waals surface area contributed by atoms with Crippen LogP contribution in [-0.4, -0.2) is 31.4 Å². The van der Waals surface area contributed by atoms with E-state index in [0.717, 1.165) is 11.1 Å². The van der Waals surface area contributed by atoms with Gasteiger partial charge in [-0.3, -0.25) is 5.32 Å². The van der Waals surface area contributed by atoms with Gasteiger partial charge in [-0.25, -0.2) is 9.59 Å². The molecule has 1 aliphatic rings. The summed E-state index contributed by atoms with van der Waals surface area (Å²) >= 11 is 0. The van der Waals surface area contributed by atoms with Crippen molar-refractivity contribution in [3.05, 3.63) is 47.2 Å². The second-order valence-electron chi connectivity index (χ2n) is 6.19. The summed E-state index contributed by atoms with van der Waals surface area (Å²) in [5.41, 5.74) is 1.43. The average molecular weight is 333 g/mol. The lowest BCUT2D eigenvalue weighted by atomic mass is 9.92. The van der Waals surface area contributed by atoms with Crippen molar-refractivity contribution in [1.82, 2.24) is 5.32 Å². The fourth-order valence-electron chi connectivity index (χ4n) is 2.56. The third kappa shape index (κ3) is 5.09. The summed E-state index contributed by atoms with van der Waals surface area (Å²) in [5, 5.41) is 2.53. The Bertz CT molecular complexity index is 622. The number of methoxy groups -OCH3 is 1. The lowest BCUT2D eigenvalue weighted by Crippen LogP contribution is -2.35. The number of amides is 1. The van der Waals surface area contributed by atoms with Crippen molar-refractivity contribution in [2.75, 3.05) is 13.7 Å². The number of hydrogen-bond donors (Lipinski definition) is 1. The Morgan fingerprint density at radius 3 is 2.58 bits per heavy atom.